The van der Waals surface area contributed by atoms with Crippen LogP contribution in [-0.4, -0.2) is 28.7 Å². The molecule has 4 aliphatic carbocycles. The van der Waals surface area contributed by atoms with Gasteiger partial charge in [-0.15, -0.1) is 0 Å². The number of carbonyl (C=O) groups excluding carboxylic acids is 3. The predicted octanol–water partition coefficient (Wildman–Crippen LogP) is 3.91. The third-order valence-corrected chi connectivity index (χ3v) is 8.45. The minimum atomic E-state index is -0.867. The molecule has 2 aromatic carbocycles. The average Bonchev–Trinajstić information content (AvgIpc) is 3.60. The molecule has 7 atom stereocenters. The van der Waals surface area contributed by atoms with Crippen molar-refractivity contribution in [2.24, 2.45) is 35.5 Å². The highest BCUT2D eigenvalue weighted by Crippen LogP contribution is 2.65. The van der Waals surface area contributed by atoms with E-state index in [-0.39, 0.29) is 41.4 Å². The Labute approximate surface area is 193 Å². The molecule has 2 aromatic rings. The van der Waals surface area contributed by atoms with Gasteiger partial charge < -0.3 is 5.32 Å². The molecule has 0 spiro atoms. The fourth-order valence-corrected chi connectivity index (χ4v) is 6.53. The number of aryl methyl sites for hydroxylation is 1. The van der Waals surface area contributed by atoms with Crippen molar-refractivity contribution in [2.75, 3.05) is 5.32 Å². The molecule has 3 fully saturated rings. The van der Waals surface area contributed by atoms with Crippen molar-refractivity contribution in [1.82, 2.24) is 4.90 Å². The number of nitrogens with zero attached hydrogens (tertiary/aromatic N) is 1. The molecule has 2 saturated carbocycles. The number of rotatable bonds is 5. The van der Waals surface area contributed by atoms with Gasteiger partial charge in [0.05, 0.1) is 11.8 Å². The van der Waals surface area contributed by atoms with Crippen molar-refractivity contribution in [1.29, 1.82) is 0 Å². The third-order valence-electron chi connectivity index (χ3n) is 8.45. The lowest BCUT2D eigenvalue weighted by Gasteiger charge is -2.37. The van der Waals surface area contributed by atoms with Crippen LogP contribution in [0.3, 0.4) is 0 Å². The second-order valence-corrected chi connectivity index (χ2v) is 10.1. The van der Waals surface area contributed by atoms with Crippen molar-refractivity contribution < 1.29 is 14.4 Å². The second-order valence-electron chi connectivity index (χ2n) is 10.1. The lowest BCUT2D eigenvalue weighted by Crippen LogP contribution is -2.49. The Balaban J connectivity index is 1.34. The van der Waals surface area contributed by atoms with Crippen molar-refractivity contribution >= 4 is 23.4 Å². The SMILES string of the molecule is Cc1cccc(NC(=O)[C@H](Cc2ccccc2)N2C(=O)[C@@H]3[C@@H]4C=C[C@H]([C@H]5C[C@H]45)[C@@H]3C2=O)c1C. The molecule has 1 aliphatic heterocycles. The molecule has 0 unspecified atom stereocenters. The largest absolute Gasteiger partial charge is 0.324 e. The molecule has 5 nitrogen and oxygen atoms in total. The van der Waals surface area contributed by atoms with Gasteiger partial charge in [-0.3, -0.25) is 19.3 Å². The van der Waals surface area contributed by atoms with Gasteiger partial charge in [-0.1, -0.05) is 54.6 Å². The summed E-state index contributed by atoms with van der Waals surface area (Å²) < 4.78 is 0. The molecule has 168 valence electrons. The lowest BCUT2D eigenvalue weighted by molar-refractivity contribution is -0.146. The van der Waals surface area contributed by atoms with Crippen molar-refractivity contribution in [3.8, 4) is 0 Å². The van der Waals surface area contributed by atoms with E-state index < -0.39 is 6.04 Å². The zero-order valence-electron chi connectivity index (χ0n) is 18.9. The van der Waals surface area contributed by atoms with Crippen LogP contribution in [-0.2, 0) is 20.8 Å². The number of hydrogen-bond acceptors (Lipinski definition) is 3. The number of imide groups is 1. The van der Waals surface area contributed by atoms with Gasteiger partial charge in [-0.05, 0) is 66.7 Å². The van der Waals surface area contributed by atoms with Crippen molar-refractivity contribution in [2.45, 2.75) is 32.7 Å². The van der Waals surface area contributed by atoms with E-state index in [4.69, 9.17) is 0 Å². The van der Waals surface area contributed by atoms with Crippen LogP contribution in [0.15, 0.2) is 60.7 Å². The van der Waals surface area contributed by atoms with Crippen LogP contribution in [0.2, 0.25) is 0 Å². The first-order valence-electron chi connectivity index (χ1n) is 11.9. The molecule has 0 radical (unpaired) electrons. The molecule has 1 N–H and O–H groups in total. The lowest BCUT2D eigenvalue weighted by atomic mass is 9.63. The Morgan fingerprint density at radius 1 is 0.939 bits per heavy atom. The van der Waals surface area contributed by atoms with Crippen LogP contribution in [0.4, 0.5) is 5.69 Å². The van der Waals surface area contributed by atoms with Gasteiger partial charge in [0.2, 0.25) is 17.7 Å². The topological polar surface area (TPSA) is 66.5 Å². The minimum absolute atomic E-state index is 0.144. The van der Waals surface area contributed by atoms with E-state index in [1.54, 1.807) is 0 Å². The fourth-order valence-electron chi connectivity index (χ4n) is 6.53. The van der Waals surface area contributed by atoms with Crippen LogP contribution in [0.25, 0.3) is 0 Å². The van der Waals surface area contributed by atoms with Crippen LogP contribution < -0.4 is 5.32 Å². The second kappa shape index (κ2) is 7.41. The number of anilines is 1. The maximum Gasteiger partial charge on any atom is 0.248 e. The average molecular weight is 441 g/mol. The van der Waals surface area contributed by atoms with E-state index in [9.17, 15) is 14.4 Å². The molecule has 3 amide bonds. The first-order chi connectivity index (χ1) is 16.0. The molecule has 0 aromatic heterocycles. The number of amides is 3. The quantitative estimate of drug-likeness (QED) is 0.566. The Morgan fingerprint density at radius 3 is 2.21 bits per heavy atom. The Kier molecular flexibility index (Phi) is 4.58. The van der Waals surface area contributed by atoms with Gasteiger partial charge in [0.1, 0.15) is 6.04 Å². The van der Waals surface area contributed by atoms with Gasteiger partial charge in [0.15, 0.2) is 0 Å². The zero-order valence-corrected chi connectivity index (χ0v) is 18.9. The summed E-state index contributed by atoms with van der Waals surface area (Å²) in [6, 6.07) is 14.5. The third kappa shape index (κ3) is 3.09. The van der Waals surface area contributed by atoms with Crippen LogP contribution in [0, 0.1) is 49.4 Å². The van der Waals surface area contributed by atoms with Crippen LogP contribution in [0.1, 0.15) is 23.1 Å². The summed E-state index contributed by atoms with van der Waals surface area (Å²) in [5, 5.41) is 3.03. The van der Waals surface area contributed by atoms with Gasteiger partial charge in [0, 0.05) is 12.1 Å². The fraction of sp³-hybridized carbons (Fsp3) is 0.393. The van der Waals surface area contributed by atoms with Crippen molar-refractivity contribution in [3.05, 3.63) is 77.4 Å². The first-order valence-corrected chi connectivity index (χ1v) is 11.9. The van der Waals surface area contributed by atoms with Crippen LogP contribution >= 0.6 is 0 Å². The molecule has 5 heteroatoms. The van der Waals surface area contributed by atoms with Gasteiger partial charge in [-0.2, -0.15) is 0 Å². The van der Waals surface area contributed by atoms with E-state index in [1.807, 2.05) is 62.4 Å². The smallest absolute Gasteiger partial charge is 0.248 e. The predicted molar refractivity (Wildman–Crippen MR) is 125 cm³/mol. The number of carbonyl (C=O) groups is 3. The summed E-state index contributed by atoms with van der Waals surface area (Å²) in [7, 11) is 0. The highest BCUT2D eigenvalue weighted by Gasteiger charge is 2.67. The van der Waals surface area contributed by atoms with Gasteiger partial charge in [-0.25, -0.2) is 0 Å². The molecular formula is C28H28N2O3. The van der Waals surface area contributed by atoms with E-state index in [0.29, 0.717) is 18.3 Å². The summed E-state index contributed by atoms with van der Waals surface area (Å²) in [5.41, 5.74) is 3.71. The summed E-state index contributed by atoms with van der Waals surface area (Å²) in [6.45, 7) is 3.96. The van der Waals surface area contributed by atoms with E-state index >= 15 is 0 Å². The molecule has 2 bridgehead atoms. The Bertz CT molecular complexity index is 1150. The monoisotopic (exact) mass is 440 g/mol. The van der Waals surface area contributed by atoms with Gasteiger partial charge in [0.25, 0.3) is 0 Å². The zero-order chi connectivity index (χ0) is 22.9. The number of nitrogens with one attached hydrogen (secondary N) is 1. The molecular weight excluding hydrogens is 412 g/mol. The van der Waals surface area contributed by atoms with E-state index in [2.05, 4.69) is 17.5 Å². The summed E-state index contributed by atoms with van der Waals surface area (Å²) in [5.74, 6) is 0.128. The summed E-state index contributed by atoms with van der Waals surface area (Å²) >= 11 is 0. The Hall–Kier alpha value is -3.21. The number of benzene rings is 2. The molecule has 1 heterocycles. The summed E-state index contributed by atoms with van der Waals surface area (Å²) in [4.78, 5) is 42.4. The van der Waals surface area contributed by atoms with Crippen LogP contribution in [0.5, 0.6) is 0 Å². The number of likely N-dealkylation sites (tertiary alicyclic amines) is 1. The molecule has 33 heavy (non-hydrogen) atoms. The molecule has 5 aliphatic rings. The maximum absolute atomic E-state index is 13.7. The van der Waals surface area contributed by atoms with E-state index in [0.717, 1.165) is 28.8 Å². The van der Waals surface area contributed by atoms with Gasteiger partial charge >= 0.3 is 0 Å². The molecule has 7 rings (SSSR count). The highest BCUT2D eigenvalue weighted by molar-refractivity contribution is 6.11. The number of hydrogen-bond donors (Lipinski definition) is 1. The van der Waals surface area contributed by atoms with E-state index in [1.165, 1.54) is 4.90 Å². The summed E-state index contributed by atoms with van der Waals surface area (Å²) in [6.07, 6.45) is 5.76. The minimum Gasteiger partial charge on any atom is -0.324 e. The maximum atomic E-state index is 13.7. The highest BCUT2D eigenvalue weighted by atomic mass is 16.2. The molecule has 1 saturated heterocycles. The number of allylic oxidation sites excluding steroid dienone is 2. The Morgan fingerprint density at radius 2 is 1.58 bits per heavy atom. The van der Waals surface area contributed by atoms with Crippen molar-refractivity contribution in [3.63, 3.8) is 0 Å². The standard InChI is InChI=1S/C28H28N2O3/c1-15-7-6-10-22(16(15)2)29-26(31)23(13-17-8-4-3-5-9-17)30-27(32)24-18-11-12-19(21-14-20(18)21)25(24)28(30)33/h3-12,18-21,23-25H,13-14H2,1-2H3,(H,29,31)/t18-,19-,20-,21-,23+,24-,25+/m1/s1. The normalized spacial score (nSPS) is 31.9. The first kappa shape index (κ1) is 20.4.